The van der Waals surface area contributed by atoms with Crippen LogP contribution in [0.4, 0.5) is 14.9 Å². The fourth-order valence-corrected chi connectivity index (χ4v) is 3.34. The second-order valence-electron chi connectivity index (χ2n) is 5.31. The third-order valence-electron chi connectivity index (χ3n) is 3.67. The number of hydrogen-bond acceptors (Lipinski definition) is 5. The lowest BCUT2D eigenvalue weighted by molar-refractivity contribution is -0.113. The number of thioether (sulfide) groups is 1. The van der Waals surface area contributed by atoms with Crippen LogP contribution in [0.25, 0.3) is 6.08 Å². The topological polar surface area (TPSA) is 55.8 Å². The Balaban J connectivity index is 1.92. The standard InChI is InChI=1S/C19H16FNO4S/c1-3-25-15-9-8-12(10-16(15)24-2)11-17-18(22)21(19(23)26-17)14-7-5-4-6-13(14)20/h4-11H,3H2,1-2H3/b17-11-. The number of para-hydroxylation sites is 1. The molecule has 0 atom stereocenters. The fourth-order valence-electron chi connectivity index (χ4n) is 2.51. The van der Waals surface area contributed by atoms with Gasteiger partial charge in [0.05, 0.1) is 24.3 Å². The molecule has 0 saturated carbocycles. The predicted molar refractivity (Wildman–Crippen MR) is 99.0 cm³/mol. The van der Waals surface area contributed by atoms with Gasteiger partial charge in [-0.15, -0.1) is 0 Å². The molecule has 1 heterocycles. The maximum atomic E-state index is 14.0. The van der Waals surface area contributed by atoms with Crippen LogP contribution in [0.15, 0.2) is 47.4 Å². The number of methoxy groups -OCH3 is 1. The fraction of sp³-hybridized carbons (Fsp3) is 0.158. The van der Waals surface area contributed by atoms with Gasteiger partial charge in [0, 0.05) is 0 Å². The summed E-state index contributed by atoms with van der Waals surface area (Å²) in [6, 6.07) is 10.9. The van der Waals surface area contributed by atoms with Crippen molar-refractivity contribution in [3.05, 3.63) is 58.8 Å². The Labute approximate surface area is 154 Å². The summed E-state index contributed by atoms with van der Waals surface area (Å²) >= 11 is 0.768. The van der Waals surface area contributed by atoms with E-state index in [-0.39, 0.29) is 10.6 Å². The van der Waals surface area contributed by atoms with Crippen LogP contribution >= 0.6 is 11.8 Å². The maximum Gasteiger partial charge on any atom is 0.298 e. The minimum Gasteiger partial charge on any atom is -0.493 e. The van der Waals surface area contributed by atoms with E-state index in [0.29, 0.717) is 23.7 Å². The highest BCUT2D eigenvalue weighted by molar-refractivity contribution is 8.19. The van der Waals surface area contributed by atoms with Gasteiger partial charge < -0.3 is 9.47 Å². The Morgan fingerprint density at radius 2 is 1.92 bits per heavy atom. The molecule has 3 rings (SSSR count). The SMILES string of the molecule is CCOc1ccc(/C=C2\SC(=O)N(c3ccccc3F)C2=O)cc1OC. The summed E-state index contributed by atoms with van der Waals surface area (Å²) in [7, 11) is 1.52. The minimum absolute atomic E-state index is 0.0531. The molecule has 7 heteroatoms. The number of ether oxygens (including phenoxy) is 2. The molecule has 0 radical (unpaired) electrons. The third kappa shape index (κ3) is 3.43. The number of carbonyl (C=O) groups is 2. The third-order valence-corrected chi connectivity index (χ3v) is 4.54. The van der Waals surface area contributed by atoms with Gasteiger partial charge in [-0.1, -0.05) is 18.2 Å². The van der Waals surface area contributed by atoms with Crippen molar-refractivity contribution in [1.29, 1.82) is 0 Å². The van der Waals surface area contributed by atoms with E-state index in [1.165, 1.54) is 25.3 Å². The average molecular weight is 373 g/mol. The van der Waals surface area contributed by atoms with Crippen molar-refractivity contribution in [1.82, 2.24) is 0 Å². The normalized spacial score (nSPS) is 15.7. The molecule has 0 aromatic heterocycles. The molecule has 1 aliphatic heterocycles. The van der Waals surface area contributed by atoms with Crippen LogP contribution in [0.3, 0.4) is 0 Å². The number of amides is 2. The molecule has 2 amide bonds. The van der Waals surface area contributed by atoms with E-state index >= 15 is 0 Å². The second kappa shape index (κ2) is 7.61. The van der Waals surface area contributed by atoms with Crippen molar-refractivity contribution in [3.8, 4) is 11.5 Å². The van der Waals surface area contributed by atoms with Gasteiger partial charge >= 0.3 is 0 Å². The molecule has 5 nitrogen and oxygen atoms in total. The lowest BCUT2D eigenvalue weighted by Gasteiger charge is -2.13. The van der Waals surface area contributed by atoms with Crippen LogP contribution < -0.4 is 14.4 Å². The van der Waals surface area contributed by atoms with Gasteiger partial charge in [-0.2, -0.15) is 0 Å². The van der Waals surface area contributed by atoms with E-state index in [4.69, 9.17) is 9.47 Å². The monoisotopic (exact) mass is 373 g/mol. The molecule has 0 N–H and O–H groups in total. The van der Waals surface area contributed by atoms with E-state index in [1.807, 2.05) is 6.92 Å². The van der Waals surface area contributed by atoms with Crippen molar-refractivity contribution in [2.75, 3.05) is 18.6 Å². The molecule has 0 bridgehead atoms. The van der Waals surface area contributed by atoms with Crippen LogP contribution in [0, 0.1) is 5.82 Å². The van der Waals surface area contributed by atoms with Crippen molar-refractivity contribution in [2.24, 2.45) is 0 Å². The molecule has 1 aliphatic rings. The number of carbonyl (C=O) groups excluding carboxylic acids is 2. The van der Waals surface area contributed by atoms with Crippen LogP contribution in [0.2, 0.25) is 0 Å². The first-order valence-corrected chi connectivity index (χ1v) is 8.70. The Hall–Kier alpha value is -2.80. The number of rotatable bonds is 5. The first kappa shape index (κ1) is 18.0. The zero-order valence-corrected chi connectivity index (χ0v) is 15.0. The Morgan fingerprint density at radius 3 is 2.62 bits per heavy atom. The average Bonchev–Trinajstić information content (AvgIpc) is 2.90. The van der Waals surface area contributed by atoms with Gasteiger partial charge in [-0.3, -0.25) is 9.59 Å². The molecule has 1 fully saturated rings. The minimum atomic E-state index is -0.626. The van der Waals surface area contributed by atoms with Crippen LogP contribution in [-0.4, -0.2) is 24.9 Å². The van der Waals surface area contributed by atoms with Crippen LogP contribution in [-0.2, 0) is 4.79 Å². The van der Waals surface area contributed by atoms with Crippen LogP contribution in [0.5, 0.6) is 11.5 Å². The molecule has 0 spiro atoms. The Morgan fingerprint density at radius 1 is 1.15 bits per heavy atom. The highest BCUT2D eigenvalue weighted by atomic mass is 32.2. The molecule has 2 aromatic rings. The number of benzene rings is 2. The molecule has 2 aromatic carbocycles. The first-order chi connectivity index (χ1) is 12.5. The quantitative estimate of drug-likeness (QED) is 0.724. The number of imide groups is 1. The zero-order chi connectivity index (χ0) is 18.7. The molecule has 0 unspecified atom stereocenters. The van der Waals surface area contributed by atoms with Gasteiger partial charge in [0.1, 0.15) is 5.82 Å². The van der Waals surface area contributed by atoms with E-state index < -0.39 is 17.0 Å². The summed E-state index contributed by atoms with van der Waals surface area (Å²) in [5, 5.41) is -0.538. The van der Waals surface area contributed by atoms with E-state index in [2.05, 4.69) is 0 Å². The molecular formula is C19H16FNO4S. The molecule has 0 aliphatic carbocycles. The number of nitrogens with zero attached hydrogens (tertiary/aromatic N) is 1. The van der Waals surface area contributed by atoms with Gasteiger partial charge in [0.15, 0.2) is 11.5 Å². The summed E-state index contributed by atoms with van der Waals surface area (Å²) in [5.41, 5.74) is 0.618. The summed E-state index contributed by atoms with van der Waals surface area (Å²) < 4.78 is 24.7. The Kier molecular flexibility index (Phi) is 5.27. The lowest BCUT2D eigenvalue weighted by atomic mass is 10.2. The predicted octanol–water partition coefficient (Wildman–Crippen LogP) is 4.47. The van der Waals surface area contributed by atoms with Gasteiger partial charge in [0.2, 0.25) is 0 Å². The Bertz CT molecular complexity index is 897. The number of hydrogen-bond donors (Lipinski definition) is 0. The first-order valence-electron chi connectivity index (χ1n) is 7.88. The summed E-state index contributed by atoms with van der Waals surface area (Å²) in [5.74, 6) is -0.0720. The number of halogens is 1. The molecule has 134 valence electrons. The van der Waals surface area contributed by atoms with E-state index in [0.717, 1.165) is 16.7 Å². The maximum absolute atomic E-state index is 14.0. The van der Waals surface area contributed by atoms with Crippen molar-refractivity contribution < 1.29 is 23.5 Å². The summed E-state index contributed by atoms with van der Waals surface area (Å²) in [6.45, 7) is 2.36. The highest BCUT2D eigenvalue weighted by Gasteiger charge is 2.37. The molecular weight excluding hydrogens is 357 g/mol. The highest BCUT2D eigenvalue weighted by Crippen LogP contribution is 2.37. The van der Waals surface area contributed by atoms with Crippen molar-refractivity contribution in [2.45, 2.75) is 6.92 Å². The number of anilines is 1. The van der Waals surface area contributed by atoms with E-state index in [9.17, 15) is 14.0 Å². The second-order valence-corrected chi connectivity index (χ2v) is 6.31. The zero-order valence-electron chi connectivity index (χ0n) is 14.2. The van der Waals surface area contributed by atoms with Crippen molar-refractivity contribution in [3.63, 3.8) is 0 Å². The summed E-state index contributed by atoms with van der Waals surface area (Å²) in [6.07, 6.45) is 1.57. The van der Waals surface area contributed by atoms with Crippen molar-refractivity contribution >= 4 is 34.7 Å². The largest absolute Gasteiger partial charge is 0.493 e. The lowest BCUT2D eigenvalue weighted by Crippen LogP contribution is -2.28. The summed E-state index contributed by atoms with van der Waals surface area (Å²) in [4.78, 5) is 25.9. The van der Waals surface area contributed by atoms with Gasteiger partial charge in [-0.05, 0) is 54.6 Å². The van der Waals surface area contributed by atoms with Gasteiger partial charge in [0.25, 0.3) is 11.1 Å². The van der Waals surface area contributed by atoms with Crippen LogP contribution in [0.1, 0.15) is 12.5 Å². The van der Waals surface area contributed by atoms with Gasteiger partial charge in [-0.25, -0.2) is 9.29 Å². The molecule has 26 heavy (non-hydrogen) atoms. The molecule has 1 saturated heterocycles. The van der Waals surface area contributed by atoms with E-state index in [1.54, 1.807) is 30.3 Å². The smallest absolute Gasteiger partial charge is 0.298 e.